The number of hydrogen-bond acceptors (Lipinski definition) is 2. The van der Waals surface area contributed by atoms with Gasteiger partial charge in [-0.05, 0) is 47.0 Å². The molecule has 29 heavy (non-hydrogen) atoms. The Bertz CT molecular complexity index is 1140. The molecule has 1 aromatic heterocycles. The van der Waals surface area contributed by atoms with Gasteiger partial charge < -0.3 is 9.30 Å². The maximum absolute atomic E-state index is 5.63. The molecule has 0 N–H and O–H groups in total. The Kier molecular flexibility index (Phi) is 5.48. The van der Waals surface area contributed by atoms with Crippen molar-refractivity contribution in [2.24, 2.45) is 12.0 Å². The molecule has 4 aromatic rings. The fourth-order valence-electron chi connectivity index (χ4n) is 3.69. The second kappa shape index (κ2) is 8.36. The lowest BCUT2D eigenvalue weighted by Crippen LogP contribution is -1.95. The van der Waals surface area contributed by atoms with Gasteiger partial charge in [0.05, 0.1) is 13.7 Å². The quantitative estimate of drug-likeness (QED) is 0.363. The zero-order valence-corrected chi connectivity index (χ0v) is 17.2. The van der Waals surface area contributed by atoms with Crippen LogP contribution in [-0.2, 0) is 13.6 Å². The van der Waals surface area contributed by atoms with E-state index >= 15 is 0 Å². The smallest absolute Gasteiger partial charge is 0.126 e. The number of aryl methyl sites for hydroxylation is 1. The highest BCUT2D eigenvalue weighted by atomic mass is 16.5. The summed E-state index contributed by atoms with van der Waals surface area (Å²) in [6.07, 6.45) is 4.12. The number of rotatable bonds is 6. The van der Waals surface area contributed by atoms with Crippen LogP contribution in [0.3, 0.4) is 0 Å². The molecule has 1 unspecified atom stereocenters. The molecule has 0 saturated carbocycles. The summed E-state index contributed by atoms with van der Waals surface area (Å²) in [5.74, 6) is 1.18. The minimum absolute atomic E-state index is 0.300. The first kappa shape index (κ1) is 19.0. The number of ether oxygens (including phenoxy) is 1. The number of aliphatic imine (C=N–C) groups is 1. The lowest BCUT2D eigenvalue weighted by Gasteiger charge is -2.11. The summed E-state index contributed by atoms with van der Waals surface area (Å²) in [5, 5.41) is 1.23. The van der Waals surface area contributed by atoms with Crippen LogP contribution in [0.4, 0.5) is 0 Å². The summed E-state index contributed by atoms with van der Waals surface area (Å²) < 4.78 is 7.76. The highest BCUT2D eigenvalue weighted by Crippen LogP contribution is 2.33. The lowest BCUT2D eigenvalue weighted by molar-refractivity contribution is 0.416. The molecule has 0 aliphatic rings. The van der Waals surface area contributed by atoms with Crippen molar-refractivity contribution in [1.82, 2.24) is 4.57 Å². The molecule has 0 radical (unpaired) electrons. The van der Waals surface area contributed by atoms with Crippen molar-refractivity contribution in [3.05, 3.63) is 90.1 Å². The minimum atomic E-state index is 0.300. The van der Waals surface area contributed by atoms with Crippen molar-refractivity contribution in [2.75, 3.05) is 7.11 Å². The second-order valence-corrected chi connectivity index (χ2v) is 7.42. The van der Waals surface area contributed by atoms with Gasteiger partial charge in [-0.1, -0.05) is 49.4 Å². The van der Waals surface area contributed by atoms with E-state index in [1.807, 2.05) is 18.3 Å². The molecule has 0 saturated heterocycles. The summed E-state index contributed by atoms with van der Waals surface area (Å²) in [5.41, 5.74) is 5.93. The van der Waals surface area contributed by atoms with Gasteiger partial charge >= 0.3 is 0 Å². The van der Waals surface area contributed by atoms with Crippen LogP contribution in [-0.4, -0.2) is 17.9 Å². The largest absolute Gasteiger partial charge is 0.496 e. The summed E-state index contributed by atoms with van der Waals surface area (Å²) in [7, 11) is 3.79. The van der Waals surface area contributed by atoms with Crippen LogP contribution in [0.2, 0.25) is 0 Å². The van der Waals surface area contributed by atoms with Crippen molar-refractivity contribution in [3.63, 3.8) is 0 Å². The molecular formula is C26H26N2O. The molecular weight excluding hydrogens is 356 g/mol. The molecule has 3 heteroatoms. The van der Waals surface area contributed by atoms with Crippen LogP contribution in [0.1, 0.15) is 24.0 Å². The molecule has 0 aliphatic carbocycles. The number of nitrogens with zero attached hydrogens (tertiary/aromatic N) is 2. The van der Waals surface area contributed by atoms with E-state index in [1.165, 1.54) is 22.0 Å². The van der Waals surface area contributed by atoms with Crippen LogP contribution in [0.25, 0.3) is 22.0 Å². The number of fused-ring (bicyclic) bond motifs is 1. The first-order chi connectivity index (χ1) is 14.2. The van der Waals surface area contributed by atoms with Crippen LogP contribution in [0.5, 0.6) is 5.75 Å². The van der Waals surface area contributed by atoms with Gasteiger partial charge in [-0.2, -0.15) is 0 Å². The summed E-state index contributed by atoms with van der Waals surface area (Å²) in [4.78, 5) is 4.69. The van der Waals surface area contributed by atoms with Gasteiger partial charge in [0, 0.05) is 41.8 Å². The van der Waals surface area contributed by atoms with E-state index in [0.717, 1.165) is 16.9 Å². The van der Waals surface area contributed by atoms with Gasteiger partial charge in [-0.15, -0.1) is 0 Å². The third kappa shape index (κ3) is 4.09. The molecule has 0 amide bonds. The first-order valence-electron chi connectivity index (χ1n) is 9.93. The molecule has 0 aliphatic heterocycles. The fourth-order valence-corrected chi connectivity index (χ4v) is 3.69. The zero-order chi connectivity index (χ0) is 20.2. The average Bonchev–Trinajstić information content (AvgIpc) is 3.14. The molecule has 3 nitrogen and oxygen atoms in total. The van der Waals surface area contributed by atoms with Crippen molar-refractivity contribution in [2.45, 2.75) is 19.4 Å². The summed E-state index contributed by atoms with van der Waals surface area (Å²) in [6, 6.07) is 25.5. The number of aromatic nitrogens is 1. The molecule has 3 aromatic carbocycles. The fraction of sp³-hybridized carbons (Fsp3) is 0.192. The SMILES string of the molecule is COc1ccc(CN=CC(C)c2ccccc2)cc1-c1ccc2c(ccn2C)c1. The molecule has 4 rings (SSSR count). The predicted octanol–water partition coefficient (Wildman–Crippen LogP) is 6.23. The van der Waals surface area contributed by atoms with E-state index in [0.29, 0.717) is 12.5 Å². The van der Waals surface area contributed by atoms with Gasteiger partial charge in [0.15, 0.2) is 0 Å². The Morgan fingerprint density at radius 3 is 2.62 bits per heavy atom. The van der Waals surface area contributed by atoms with Gasteiger partial charge in [0.2, 0.25) is 0 Å². The third-order valence-electron chi connectivity index (χ3n) is 5.39. The van der Waals surface area contributed by atoms with E-state index in [2.05, 4.69) is 85.4 Å². The van der Waals surface area contributed by atoms with E-state index in [9.17, 15) is 0 Å². The maximum atomic E-state index is 5.63. The van der Waals surface area contributed by atoms with Gasteiger partial charge in [-0.3, -0.25) is 4.99 Å². The standard InChI is InChI=1S/C26H26N2O/c1-19(21-7-5-4-6-8-21)17-27-18-20-9-12-26(29-3)24(15-20)22-10-11-25-23(16-22)13-14-28(25)2/h4-17,19H,18H2,1-3H3. The van der Waals surface area contributed by atoms with Gasteiger partial charge in [0.25, 0.3) is 0 Å². The van der Waals surface area contributed by atoms with Crippen LogP contribution >= 0.6 is 0 Å². The number of methoxy groups -OCH3 is 1. The first-order valence-corrected chi connectivity index (χ1v) is 9.93. The molecule has 146 valence electrons. The monoisotopic (exact) mass is 382 g/mol. The predicted molar refractivity (Wildman–Crippen MR) is 122 cm³/mol. The van der Waals surface area contributed by atoms with E-state index in [4.69, 9.17) is 9.73 Å². The molecule has 0 spiro atoms. The van der Waals surface area contributed by atoms with E-state index in [-0.39, 0.29) is 0 Å². The minimum Gasteiger partial charge on any atom is -0.496 e. The van der Waals surface area contributed by atoms with Crippen LogP contribution in [0.15, 0.2) is 84.0 Å². The summed E-state index contributed by atoms with van der Waals surface area (Å²) in [6.45, 7) is 2.83. The van der Waals surface area contributed by atoms with Crippen molar-refractivity contribution in [3.8, 4) is 16.9 Å². The maximum Gasteiger partial charge on any atom is 0.126 e. The van der Waals surface area contributed by atoms with Crippen LogP contribution < -0.4 is 4.74 Å². The Hall–Kier alpha value is -3.33. The van der Waals surface area contributed by atoms with Crippen molar-refractivity contribution in [1.29, 1.82) is 0 Å². The Morgan fingerprint density at radius 1 is 1.00 bits per heavy atom. The van der Waals surface area contributed by atoms with Gasteiger partial charge in [0.1, 0.15) is 5.75 Å². The second-order valence-electron chi connectivity index (χ2n) is 7.42. The molecule has 0 bridgehead atoms. The molecule has 0 fully saturated rings. The van der Waals surface area contributed by atoms with Crippen LogP contribution in [0, 0.1) is 0 Å². The highest BCUT2D eigenvalue weighted by molar-refractivity contribution is 5.87. The number of benzene rings is 3. The lowest BCUT2D eigenvalue weighted by atomic mass is 10.0. The normalized spacial score (nSPS) is 12.5. The highest BCUT2D eigenvalue weighted by Gasteiger charge is 2.09. The summed E-state index contributed by atoms with van der Waals surface area (Å²) >= 11 is 0. The van der Waals surface area contributed by atoms with Crippen molar-refractivity contribution < 1.29 is 4.74 Å². The van der Waals surface area contributed by atoms with E-state index < -0.39 is 0 Å². The zero-order valence-electron chi connectivity index (χ0n) is 17.2. The van der Waals surface area contributed by atoms with E-state index in [1.54, 1.807) is 7.11 Å². The number of hydrogen-bond donors (Lipinski definition) is 0. The Balaban J connectivity index is 1.58. The third-order valence-corrected chi connectivity index (χ3v) is 5.39. The topological polar surface area (TPSA) is 26.5 Å². The molecule has 1 atom stereocenters. The Morgan fingerprint density at radius 2 is 1.83 bits per heavy atom. The van der Waals surface area contributed by atoms with Crippen molar-refractivity contribution >= 4 is 17.1 Å². The van der Waals surface area contributed by atoms with Gasteiger partial charge in [-0.25, -0.2) is 0 Å². The Labute approximate surface area is 172 Å². The molecule has 1 heterocycles. The average molecular weight is 383 g/mol.